The topological polar surface area (TPSA) is 41.6 Å². The third kappa shape index (κ3) is 5.10. The number of hydrogen-bond acceptors (Lipinski definition) is 3. The number of likely N-dealkylation sites (tertiary alicyclic amines) is 1. The Morgan fingerprint density at radius 1 is 1.00 bits per heavy atom. The lowest BCUT2D eigenvalue weighted by molar-refractivity contribution is -0.123. The first-order chi connectivity index (χ1) is 11.8. The molecule has 1 aliphatic rings. The SMILES string of the molecule is O=C(COc1ccccc1)NCc1cccc(CN2CCCC2)c1. The van der Waals surface area contributed by atoms with E-state index >= 15 is 0 Å². The third-order valence-corrected chi connectivity index (χ3v) is 4.20. The van der Waals surface area contributed by atoms with Gasteiger partial charge in [0.2, 0.25) is 0 Å². The van der Waals surface area contributed by atoms with Crippen LogP contribution in [-0.2, 0) is 17.9 Å². The van der Waals surface area contributed by atoms with E-state index in [1.54, 1.807) is 0 Å². The minimum absolute atomic E-state index is 0.0392. The lowest BCUT2D eigenvalue weighted by atomic mass is 10.1. The van der Waals surface area contributed by atoms with Crippen LogP contribution in [0.2, 0.25) is 0 Å². The monoisotopic (exact) mass is 324 g/mol. The highest BCUT2D eigenvalue weighted by Gasteiger charge is 2.11. The summed E-state index contributed by atoms with van der Waals surface area (Å²) in [6, 6.07) is 17.8. The van der Waals surface area contributed by atoms with Crippen LogP contribution in [-0.4, -0.2) is 30.5 Å². The predicted molar refractivity (Wildman–Crippen MR) is 94.7 cm³/mol. The zero-order valence-electron chi connectivity index (χ0n) is 13.9. The smallest absolute Gasteiger partial charge is 0.258 e. The van der Waals surface area contributed by atoms with Crippen molar-refractivity contribution in [1.29, 1.82) is 0 Å². The van der Waals surface area contributed by atoms with E-state index in [9.17, 15) is 4.79 Å². The van der Waals surface area contributed by atoms with Crippen LogP contribution in [0.3, 0.4) is 0 Å². The molecule has 4 heteroatoms. The van der Waals surface area contributed by atoms with Crippen molar-refractivity contribution < 1.29 is 9.53 Å². The van der Waals surface area contributed by atoms with E-state index in [1.807, 2.05) is 36.4 Å². The summed E-state index contributed by atoms with van der Waals surface area (Å²) in [5.41, 5.74) is 2.43. The summed E-state index contributed by atoms with van der Waals surface area (Å²) < 4.78 is 5.45. The number of ether oxygens (including phenoxy) is 1. The molecule has 2 aromatic carbocycles. The number of amides is 1. The summed E-state index contributed by atoms with van der Waals surface area (Å²) in [6.45, 7) is 3.96. The predicted octanol–water partition coefficient (Wildman–Crippen LogP) is 2.98. The lowest BCUT2D eigenvalue weighted by Gasteiger charge is -2.15. The Kier molecular flexibility index (Phi) is 5.85. The van der Waals surface area contributed by atoms with Crippen molar-refractivity contribution in [3.63, 3.8) is 0 Å². The largest absolute Gasteiger partial charge is 0.484 e. The average molecular weight is 324 g/mol. The van der Waals surface area contributed by atoms with E-state index in [2.05, 4.69) is 28.4 Å². The average Bonchev–Trinajstić information content (AvgIpc) is 3.12. The standard InChI is InChI=1S/C20H24N2O2/c23-20(16-24-19-9-2-1-3-10-19)21-14-17-7-6-8-18(13-17)15-22-11-4-5-12-22/h1-3,6-10,13H,4-5,11-12,14-16H2,(H,21,23). The van der Waals surface area contributed by atoms with E-state index in [1.165, 1.54) is 31.5 Å². The van der Waals surface area contributed by atoms with Gasteiger partial charge < -0.3 is 10.1 Å². The number of nitrogens with zero attached hydrogens (tertiary/aromatic N) is 1. The van der Waals surface area contributed by atoms with Crippen molar-refractivity contribution in [2.45, 2.75) is 25.9 Å². The molecule has 0 bridgehead atoms. The van der Waals surface area contributed by atoms with Crippen LogP contribution in [0.1, 0.15) is 24.0 Å². The Morgan fingerprint density at radius 3 is 2.54 bits per heavy atom. The second-order valence-electron chi connectivity index (χ2n) is 6.18. The molecule has 0 atom stereocenters. The normalized spacial score (nSPS) is 14.5. The van der Waals surface area contributed by atoms with Crippen LogP contribution in [0.15, 0.2) is 54.6 Å². The van der Waals surface area contributed by atoms with Gasteiger partial charge in [0.25, 0.3) is 5.91 Å². The van der Waals surface area contributed by atoms with Gasteiger partial charge in [0, 0.05) is 13.1 Å². The molecule has 24 heavy (non-hydrogen) atoms. The van der Waals surface area contributed by atoms with E-state index < -0.39 is 0 Å². The fourth-order valence-corrected chi connectivity index (χ4v) is 2.95. The fraction of sp³-hybridized carbons (Fsp3) is 0.350. The molecule has 126 valence electrons. The molecule has 0 spiro atoms. The first kappa shape index (κ1) is 16.5. The zero-order valence-corrected chi connectivity index (χ0v) is 13.9. The Morgan fingerprint density at radius 2 is 1.75 bits per heavy atom. The molecule has 1 heterocycles. The van der Waals surface area contributed by atoms with Gasteiger partial charge in [-0.1, -0.05) is 42.5 Å². The quantitative estimate of drug-likeness (QED) is 0.851. The molecule has 0 unspecified atom stereocenters. The Balaban J connectivity index is 1.44. The van der Waals surface area contributed by atoms with Gasteiger partial charge in [-0.25, -0.2) is 0 Å². The van der Waals surface area contributed by atoms with E-state index in [4.69, 9.17) is 4.74 Å². The van der Waals surface area contributed by atoms with Gasteiger partial charge in [-0.2, -0.15) is 0 Å². The van der Waals surface area contributed by atoms with Gasteiger partial charge >= 0.3 is 0 Å². The Hall–Kier alpha value is -2.33. The van der Waals surface area contributed by atoms with Crippen LogP contribution in [0, 0.1) is 0 Å². The van der Waals surface area contributed by atoms with Crippen LogP contribution in [0.4, 0.5) is 0 Å². The molecule has 1 N–H and O–H groups in total. The van der Waals surface area contributed by atoms with Crippen LogP contribution < -0.4 is 10.1 Å². The summed E-state index contributed by atoms with van der Waals surface area (Å²) in [6.07, 6.45) is 2.61. The summed E-state index contributed by atoms with van der Waals surface area (Å²) in [4.78, 5) is 14.4. The van der Waals surface area contributed by atoms with Crippen molar-refractivity contribution >= 4 is 5.91 Å². The van der Waals surface area contributed by atoms with Crippen LogP contribution in [0.5, 0.6) is 5.75 Å². The molecule has 4 nitrogen and oxygen atoms in total. The molecule has 1 fully saturated rings. The molecule has 0 aromatic heterocycles. The number of hydrogen-bond donors (Lipinski definition) is 1. The van der Waals surface area contributed by atoms with E-state index in [-0.39, 0.29) is 12.5 Å². The van der Waals surface area contributed by atoms with Gasteiger partial charge in [0.15, 0.2) is 6.61 Å². The van der Waals surface area contributed by atoms with Gasteiger partial charge in [-0.3, -0.25) is 9.69 Å². The maximum atomic E-state index is 11.9. The van der Waals surface area contributed by atoms with Crippen LogP contribution >= 0.6 is 0 Å². The minimum Gasteiger partial charge on any atom is -0.484 e. The number of carbonyl (C=O) groups excluding carboxylic acids is 1. The van der Waals surface area contributed by atoms with Crippen molar-refractivity contribution in [2.24, 2.45) is 0 Å². The molecular formula is C20H24N2O2. The molecule has 2 aromatic rings. The molecule has 0 saturated carbocycles. The summed E-state index contributed by atoms with van der Waals surface area (Å²) >= 11 is 0. The molecule has 1 saturated heterocycles. The van der Waals surface area contributed by atoms with Crippen LogP contribution in [0.25, 0.3) is 0 Å². The van der Waals surface area contributed by atoms with Gasteiger partial charge in [-0.15, -0.1) is 0 Å². The van der Waals surface area contributed by atoms with E-state index in [0.29, 0.717) is 12.3 Å². The van der Waals surface area contributed by atoms with Gasteiger partial charge in [-0.05, 0) is 49.2 Å². The number of rotatable bonds is 7. The molecule has 1 aliphatic heterocycles. The highest BCUT2D eigenvalue weighted by atomic mass is 16.5. The first-order valence-corrected chi connectivity index (χ1v) is 8.54. The third-order valence-electron chi connectivity index (χ3n) is 4.20. The number of benzene rings is 2. The van der Waals surface area contributed by atoms with Crippen molar-refractivity contribution in [3.8, 4) is 5.75 Å². The van der Waals surface area contributed by atoms with Gasteiger partial charge in [0.05, 0.1) is 0 Å². The van der Waals surface area contributed by atoms with Gasteiger partial charge in [0.1, 0.15) is 5.75 Å². The summed E-state index contributed by atoms with van der Waals surface area (Å²) in [5, 5.41) is 2.91. The molecule has 0 radical (unpaired) electrons. The Labute approximate surface area is 143 Å². The van der Waals surface area contributed by atoms with Crippen molar-refractivity contribution in [1.82, 2.24) is 10.2 Å². The molecule has 1 amide bonds. The Bertz CT molecular complexity index is 652. The number of carbonyl (C=O) groups is 1. The second kappa shape index (κ2) is 8.50. The summed E-state index contributed by atoms with van der Waals surface area (Å²) in [7, 11) is 0. The fourth-order valence-electron chi connectivity index (χ4n) is 2.95. The second-order valence-corrected chi connectivity index (χ2v) is 6.18. The highest BCUT2D eigenvalue weighted by molar-refractivity contribution is 5.77. The summed E-state index contributed by atoms with van der Waals surface area (Å²) in [5.74, 6) is 0.601. The maximum absolute atomic E-state index is 11.9. The maximum Gasteiger partial charge on any atom is 0.258 e. The highest BCUT2D eigenvalue weighted by Crippen LogP contribution is 2.14. The molecule has 3 rings (SSSR count). The van der Waals surface area contributed by atoms with E-state index in [0.717, 1.165) is 12.1 Å². The van der Waals surface area contributed by atoms with Crippen molar-refractivity contribution in [3.05, 3.63) is 65.7 Å². The zero-order chi connectivity index (χ0) is 16.6. The number of para-hydroxylation sites is 1. The molecule has 0 aliphatic carbocycles. The first-order valence-electron chi connectivity index (χ1n) is 8.54. The molecular weight excluding hydrogens is 300 g/mol. The minimum atomic E-state index is -0.108. The van der Waals surface area contributed by atoms with Crippen molar-refractivity contribution in [2.75, 3.05) is 19.7 Å². The number of nitrogens with one attached hydrogen (secondary N) is 1. The lowest BCUT2D eigenvalue weighted by Crippen LogP contribution is -2.28.